The monoisotopic (exact) mass is 442 g/mol. The van der Waals surface area contributed by atoms with E-state index in [1.807, 2.05) is 27.7 Å². The summed E-state index contributed by atoms with van der Waals surface area (Å²) in [5.74, 6) is -1.78. The number of ketones is 1. The Balaban J connectivity index is 2.31. The first-order valence-corrected chi connectivity index (χ1v) is 11.3. The highest BCUT2D eigenvalue weighted by atomic mass is 16.7. The molecule has 0 amide bonds. The number of aliphatic hydroxyl groups excluding tert-OH is 3. The van der Waals surface area contributed by atoms with Gasteiger partial charge in [0, 0.05) is 11.8 Å². The predicted molar refractivity (Wildman–Crippen MR) is 113 cm³/mol. The molecule has 2 aliphatic heterocycles. The molecule has 0 spiro atoms. The highest BCUT2D eigenvalue weighted by Crippen LogP contribution is 2.31. The van der Waals surface area contributed by atoms with Gasteiger partial charge in [-0.3, -0.25) is 9.59 Å². The Kier molecular flexibility index (Phi) is 9.21. The number of carbonyl (C=O) groups excluding carboxylic acids is 2. The average Bonchev–Trinajstić information content (AvgIpc) is 2.73. The number of aliphatic hydroxyl groups is 3. The molecule has 0 aromatic carbocycles. The van der Waals surface area contributed by atoms with Crippen molar-refractivity contribution in [2.45, 2.75) is 97.3 Å². The zero-order chi connectivity index (χ0) is 23.5. The summed E-state index contributed by atoms with van der Waals surface area (Å²) in [4.78, 5) is 25.5. The third-order valence-electron chi connectivity index (χ3n) is 6.56. The summed E-state index contributed by atoms with van der Waals surface area (Å²) in [5.41, 5.74) is 0. The minimum Gasteiger partial charge on any atom is -0.461 e. The molecule has 2 aliphatic rings. The smallest absolute Gasteiger partial charge is 0.311 e. The van der Waals surface area contributed by atoms with Crippen molar-refractivity contribution in [1.29, 1.82) is 0 Å². The maximum atomic E-state index is 13.0. The molecule has 0 aromatic rings. The van der Waals surface area contributed by atoms with Gasteiger partial charge >= 0.3 is 5.97 Å². The van der Waals surface area contributed by atoms with Gasteiger partial charge < -0.3 is 29.5 Å². The van der Waals surface area contributed by atoms with Crippen LogP contribution < -0.4 is 0 Å². The Morgan fingerprint density at radius 1 is 1.03 bits per heavy atom. The number of cyclic esters (lactones) is 1. The van der Waals surface area contributed by atoms with Gasteiger partial charge in [-0.1, -0.05) is 33.8 Å². The van der Waals surface area contributed by atoms with E-state index in [1.54, 1.807) is 26.0 Å². The van der Waals surface area contributed by atoms with Crippen LogP contribution in [0.3, 0.4) is 0 Å². The fourth-order valence-corrected chi connectivity index (χ4v) is 4.32. The zero-order valence-corrected chi connectivity index (χ0v) is 19.3. The van der Waals surface area contributed by atoms with Crippen LogP contribution in [0.4, 0.5) is 0 Å². The lowest BCUT2D eigenvalue weighted by Gasteiger charge is -2.42. The van der Waals surface area contributed by atoms with Gasteiger partial charge in [0.2, 0.25) is 0 Å². The van der Waals surface area contributed by atoms with E-state index in [2.05, 4.69) is 0 Å². The molecule has 0 unspecified atom stereocenters. The Morgan fingerprint density at radius 3 is 2.29 bits per heavy atom. The second-order valence-electron chi connectivity index (χ2n) is 9.19. The Labute approximate surface area is 184 Å². The maximum absolute atomic E-state index is 13.0. The summed E-state index contributed by atoms with van der Waals surface area (Å²) in [6.45, 7) is 10.8. The van der Waals surface area contributed by atoms with E-state index in [1.165, 1.54) is 0 Å². The number of rotatable bonds is 3. The number of hydrogen-bond donors (Lipinski definition) is 3. The lowest BCUT2D eigenvalue weighted by atomic mass is 9.84. The quantitative estimate of drug-likeness (QED) is 0.563. The van der Waals surface area contributed by atoms with Crippen LogP contribution >= 0.6 is 0 Å². The first-order valence-electron chi connectivity index (χ1n) is 11.3. The minimum atomic E-state index is -1.48. The lowest BCUT2D eigenvalue weighted by molar-refractivity contribution is -0.311. The standard InChI is InChI=1S/C23H38O8/c1-7-17-11(2)8-9-16(24)12(3)10-13(4)21(14(5)22(28)30-17)31-23-20(27)19(26)18(25)15(6)29-23/h8-9,11-15,17-21,23,25-27H,7,10H2,1-6H3/b9-8+/t11-,12-,13+,14-,15-,17-,18-,19+,20-,21+,23+/m1/s1. The van der Waals surface area contributed by atoms with Gasteiger partial charge in [-0.05, 0) is 38.7 Å². The summed E-state index contributed by atoms with van der Waals surface area (Å²) in [5, 5.41) is 30.4. The van der Waals surface area contributed by atoms with Crippen molar-refractivity contribution in [2.75, 3.05) is 0 Å². The average molecular weight is 443 g/mol. The number of carbonyl (C=O) groups is 2. The van der Waals surface area contributed by atoms with Crippen molar-refractivity contribution in [2.24, 2.45) is 23.7 Å². The van der Waals surface area contributed by atoms with Crippen LogP contribution in [0.5, 0.6) is 0 Å². The van der Waals surface area contributed by atoms with E-state index >= 15 is 0 Å². The summed E-state index contributed by atoms with van der Waals surface area (Å²) in [6.07, 6.45) is -2.84. The fourth-order valence-electron chi connectivity index (χ4n) is 4.32. The normalized spacial score (nSPS) is 46.5. The van der Waals surface area contributed by atoms with Crippen molar-refractivity contribution in [3.05, 3.63) is 12.2 Å². The van der Waals surface area contributed by atoms with Crippen LogP contribution in [-0.2, 0) is 23.8 Å². The molecule has 0 radical (unpaired) electrons. The molecule has 178 valence electrons. The van der Waals surface area contributed by atoms with E-state index in [0.717, 1.165) is 0 Å². The first kappa shape index (κ1) is 25.9. The minimum absolute atomic E-state index is 0.00651. The number of hydrogen-bond acceptors (Lipinski definition) is 8. The molecule has 3 N–H and O–H groups in total. The Bertz CT molecular complexity index is 649. The molecular weight excluding hydrogens is 404 g/mol. The third kappa shape index (κ3) is 6.14. The summed E-state index contributed by atoms with van der Waals surface area (Å²) < 4.78 is 17.4. The highest BCUT2D eigenvalue weighted by Gasteiger charge is 2.45. The molecule has 1 fully saturated rings. The van der Waals surface area contributed by atoms with Gasteiger partial charge in [0.15, 0.2) is 12.1 Å². The molecule has 0 bridgehead atoms. The zero-order valence-electron chi connectivity index (χ0n) is 19.3. The fraction of sp³-hybridized carbons (Fsp3) is 0.826. The molecule has 8 heteroatoms. The lowest BCUT2D eigenvalue weighted by Crippen LogP contribution is -2.58. The molecule has 8 nitrogen and oxygen atoms in total. The Hall–Kier alpha value is -1.32. The molecule has 11 atom stereocenters. The SMILES string of the molecule is CC[C@H]1OC(=O)[C@H](C)[C@@H](O[C@@H]2O[C@H](C)[C@@H](O)[C@H](O)[C@H]2O)[C@@H](C)C[C@@H](C)C(=O)/C=C/[C@H]1C. The summed E-state index contributed by atoms with van der Waals surface area (Å²) in [7, 11) is 0. The third-order valence-corrected chi connectivity index (χ3v) is 6.56. The van der Waals surface area contributed by atoms with Crippen LogP contribution in [0.25, 0.3) is 0 Å². The van der Waals surface area contributed by atoms with Crippen LogP contribution in [0.2, 0.25) is 0 Å². The first-order chi connectivity index (χ1) is 14.5. The highest BCUT2D eigenvalue weighted by molar-refractivity contribution is 5.91. The van der Waals surface area contributed by atoms with Gasteiger partial charge in [0.25, 0.3) is 0 Å². The van der Waals surface area contributed by atoms with Gasteiger partial charge in [-0.2, -0.15) is 0 Å². The Morgan fingerprint density at radius 2 is 1.68 bits per heavy atom. The van der Waals surface area contributed by atoms with E-state index < -0.39 is 48.7 Å². The van der Waals surface area contributed by atoms with Crippen molar-refractivity contribution < 1.29 is 39.1 Å². The summed E-state index contributed by atoms with van der Waals surface area (Å²) in [6, 6.07) is 0. The van der Waals surface area contributed by atoms with Gasteiger partial charge in [0.05, 0.1) is 18.1 Å². The number of esters is 1. The number of ether oxygens (including phenoxy) is 3. The predicted octanol–water partition coefficient (Wildman–Crippen LogP) is 1.59. The van der Waals surface area contributed by atoms with E-state index in [0.29, 0.717) is 12.8 Å². The van der Waals surface area contributed by atoms with Crippen molar-refractivity contribution in [3.8, 4) is 0 Å². The van der Waals surface area contributed by atoms with E-state index in [-0.39, 0.29) is 29.6 Å². The van der Waals surface area contributed by atoms with Gasteiger partial charge in [-0.15, -0.1) is 0 Å². The van der Waals surface area contributed by atoms with Gasteiger partial charge in [0.1, 0.15) is 24.4 Å². The van der Waals surface area contributed by atoms with Crippen LogP contribution in [-0.4, -0.2) is 70.0 Å². The molecule has 0 saturated carbocycles. The second kappa shape index (κ2) is 11.0. The molecule has 0 aliphatic carbocycles. The maximum Gasteiger partial charge on any atom is 0.311 e. The van der Waals surface area contributed by atoms with E-state index in [4.69, 9.17) is 14.2 Å². The molecule has 1 saturated heterocycles. The van der Waals surface area contributed by atoms with Crippen molar-refractivity contribution in [1.82, 2.24) is 0 Å². The van der Waals surface area contributed by atoms with Crippen molar-refractivity contribution in [3.63, 3.8) is 0 Å². The van der Waals surface area contributed by atoms with Crippen molar-refractivity contribution >= 4 is 11.8 Å². The topological polar surface area (TPSA) is 123 Å². The molecular formula is C23H38O8. The molecule has 2 rings (SSSR count). The largest absolute Gasteiger partial charge is 0.461 e. The molecule has 0 aromatic heterocycles. The number of allylic oxidation sites excluding steroid dienone is 1. The molecule has 2 heterocycles. The molecule has 31 heavy (non-hydrogen) atoms. The van der Waals surface area contributed by atoms with Crippen LogP contribution in [0.15, 0.2) is 12.2 Å². The summed E-state index contributed by atoms with van der Waals surface area (Å²) >= 11 is 0. The van der Waals surface area contributed by atoms with E-state index in [9.17, 15) is 24.9 Å². The van der Waals surface area contributed by atoms with Gasteiger partial charge in [-0.25, -0.2) is 0 Å². The van der Waals surface area contributed by atoms with Crippen LogP contribution in [0, 0.1) is 23.7 Å². The second-order valence-corrected chi connectivity index (χ2v) is 9.19. The van der Waals surface area contributed by atoms with Crippen LogP contribution in [0.1, 0.15) is 54.4 Å².